The van der Waals surface area contributed by atoms with E-state index in [0.717, 1.165) is 19.5 Å². The lowest BCUT2D eigenvalue weighted by molar-refractivity contribution is -0.136. The molecule has 0 saturated carbocycles. The Hall–Kier alpha value is -1.06. The van der Waals surface area contributed by atoms with Crippen LogP contribution in [0.2, 0.25) is 0 Å². The lowest BCUT2D eigenvalue weighted by Crippen LogP contribution is -2.33. The third-order valence-corrected chi connectivity index (χ3v) is 4.26. The van der Waals surface area contributed by atoms with Crippen molar-refractivity contribution in [3.8, 4) is 0 Å². The van der Waals surface area contributed by atoms with E-state index in [-0.39, 0.29) is 23.1 Å². The predicted octanol–water partition coefficient (Wildman–Crippen LogP) is 1.89. The fourth-order valence-corrected chi connectivity index (χ4v) is 2.94. The number of hydrogen-bond acceptors (Lipinski definition) is 2. The van der Waals surface area contributed by atoms with E-state index < -0.39 is 0 Å². The van der Waals surface area contributed by atoms with Crippen LogP contribution in [-0.2, 0) is 9.59 Å². The molecule has 3 atom stereocenters. The van der Waals surface area contributed by atoms with Crippen LogP contribution in [0.4, 0.5) is 0 Å². The SMILES string of the molecule is CC(CC(=O)N1CC1C)CC(C)(C)C(=O)N1CC1C. The highest BCUT2D eigenvalue weighted by molar-refractivity contribution is 5.84. The molecule has 2 amide bonds. The minimum atomic E-state index is -0.352. The van der Waals surface area contributed by atoms with E-state index in [1.807, 2.05) is 23.6 Å². The van der Waals surface area contributed by atoms with Crippen molar-refractivity contribution < 1.29 is 9.59 Å². The summed E-state index contributed by atoms with van der Waals surface area (Å²) < 4.78 is 0. The first-order chi connectivity index (χ1) is 8.72. The monoisotopic (exact) mass is 266 g/mol. The summed E-state index contributed by atoms with van der Waals surface area (Å²) >= 11 is 0. The van der Waals surface area contributed by atoms with Crippen LogP contribution in [0.15, 0.2) is 0 Å². The summed E-state index contributed by atoms with van der Waals surface area (Å²) in [6, 6.07) is 0.829. The molecule has 0 spiro atoms. The molecule has 0 aromatic heterocycles. The molecule has 2 heterocycles. The predicted molar refractivity (Wildman–Crippen MR) is 74.5 cm³/mol. The number of rotatable bonds is 5. The average molecular weight is 266 g/mol. The number of nitrogens with zero attached hydrogens (tertiary/aromatic N) is 2. The van der Waals surface area contributed by atoms with Gasteiger partial charge in [0.1, 0.15) is 0 Å². The zero-order valence-corrected chi connectivity index (χ0v) is 12.8. The molecular weight excluding hydrogens is 240 g/mol. The highest BCUT2D eigenvalue weighted by atomic mass is 16.2. The number of carbonyl (C=O) groups excluding carboxylic acids is 2. The average Bonchev–Trinajstić information content (AvgIpc) is 3.15. The van der Waals surface area contributed by atoms with Crippen LogP contribution >= 0.6 is 0 Å². The van der Waals surface area contributed by atoms with E-state index in [0.29, 0.717) is 18.5 Å². The van der Waals surface area contributed by atoms with Crippen LogP contribution in [0, 0.1) is 11.3 Å². The van der Waals surface area contributed by atoms with E-state index in [1.54, 1.807) is 0 Å². The molecule has 19 heavy (non-hydrogen) atoms. The molecular formula is C15H26N2O2. The maximum atomic E-state index is 12.3. The van der Waals surface area contributed by atoms with E-state index in [2.05, 4.69) is 20.8 Å². The third kappa shape index (κ3) is 3.28. The van der Waals surface area contributed by atoms with Gasteiger partial charge in [0.05, 0.1) is 0 Å². The fraction of sp³-hybridized carbons (Fsp3) is 0.867. The van der Waals surface area contributed by atoms with Crippen LogP contribution in [0.5, 0.6) is 0 Å². The highest BCUT2D eigenvalue weighted by Crippen LogP contribution is 2.34. The number of amides is 2. The molecule has 2 aliphatic heterocycles. The summed E-state index contributed by atoms with van der Waals surface area (Å²) in [4.78, 5) is 28.0. The molecule has 2 rings (SSSR count). The van der Waals surface area contributed by atoms with Crippen molar-refractivity contribution in [3.63, 3.8) is 0 Å². The third-order valence-electron chi connectivity index (χ3n) is 4.26. The van der Waals surface area contributed by atoms with E-state index in [1.165, 1.54) is 0 Å². The summed E-state index contributed by atoms with van der Waals surface area (Å²) in [5, 5.41) is 0. The van der Waals surface area contributed by atoms with Crippen molar-refractivity contribution in [2.24, 2.45) is 11.3 Å². The van der Waals surface area contributed by atoms with Gasteiger partial charge >= 0.3 is 0 Å². The second-order valence-electron chi connectivity index (χ2n) is 7.10. The summed E-state index contributed by atoms with van der Waals surface area (Å²) in [7, 11) is 0. The Labute approximate surface area is 116 Å². The van der Waals surface area contributed by atoms with E-state index in [9.17, 15) is 9.59 Å². The van der Waals surface area contributed by atoms with E-state index >= 15 is 0 Å². The van der Waals surface area contributed by atoms with Crippen molar-refractivity contribution in [2.75, 3.05) is 13.1 Å². The first-order valence-electron chi connectivity index (χ1n) is 7.33. The molecule has 0 aliphatic carbocycles. The molecule has 4 heteroatoms. The maximum absolute atomic E-state index is 12.3. The second-order valence-corrected chi connectivity index (χ2v) is 7.10. The Morgan fingerprint density at radius 3 is 2.05 bits per heavy atom. The molecule has 0 radical (unpaired) electrons. The lowest BCUT2D eigenvalue weighted by Gasteiger charge is -2.27. The maximum Gasteiger partial charge on any atom is 0.228 e. The standard InChI is InChI=1S/C15H26N2O2/c1-10(6-13(18)16-8-11(16)2)7-15(4,5)14(19)17-9-12(17)3/h10-12H,6-9H2,1-5H3. The fourth-order valence-electron chi connectivity index (χ4n) is 2.94. The largest absolute Gasteiger partial charge is 0.336 e. The van der Waals surface area contributed by atoms with Gasteiger partial charge in [0.2, 0.25) is 11.8 Å². The van der Waals surface area contributed by atoms with Crippen LogP contribution in [0.3, 0.4) is 0 Å². The number of carbonyl (C=O) groups is 2. The Morgan fingerprint density at radius 2 is 1.63 bits per heavy atom. The molecule has 108 valence electrons. The summed E-state index contributed by atoms with van der Waals surface area (Å²) in [5.74, 6) is 0.734. The Bertz CT molecular complexity index is 392. The molecule has 0 N–H and O–H groups in total. The van der Waals surface area contributed by atoms with Crippen LogP contribution in [0.25, 0.3) is 0 Å². The quantitative estimate of drug-likeness (QED) is 0.713. The molecule has 4 nitrogen and oxygen atoms in total. The molecule has 2 fully saturated rings. The topological polar surface area (TPSA) is 40.2 Å². The Morgan fingerprint density at radius 1 is 1.16 bits per heavy atom. The molecule has 0 bridgehead atoms. The number of hydrogen-bond donors (Lipinski definition) is 0. The zero-order valence-electron chi connectivity index (χ0n) is 12.8. The second kappa shape index (κ2) is 4.80. The molecule has 2 saturated heterocycles. The smallest absolute Gasteiger partial charge is 0.228 e. The van der Waals surface area contributed by atoms with Gasteiger partial charge in [-0.2, -0.15) is 0 Å². The van der Waals surface area contributed by atoms with Gasteiger partial charge in [0.25, 0.3) is 0 Å². The molecule has 0 aromatic carbocycles. The summed E-state index contributed by atoms with van der Waals surface area (Å²) in [6.45, 7) is 12.0. The first kappa shape index (κ1) is 14.4. The summed E-state index contributed by atoms with van der Waals surface area (Å²) in [6.07, 6.45) is 1.35. The van der Waals surface area contributed by atoms with Crippen molar-refractivity contribution in [2.45, 2.75) is 59.5 Å². The van der Waals surface area contributed by atoms with Gasteiger partial charge in [-0.25, -0.2) is 0 Å². The zero-order chi connectivity index (χ0) is 14.4. The Kier molecular flexibility index (Phi) is 3.63. The van der Waals surface area contributed by atoms with Gasteiger partial charge in [0.15, 0.2) is 0 Å². The normalized spacial score (nSPS) is 27.2. The van der Waals surface area contributed by atoms with Gasteiger partial charge in [-0.05, 0) is 26.2 Å². The van der Waals surface area contributed by atoms with Crippen molar-refractivity contribution >= 4 is 11.8 Å². The van der Waals surface area contributed by atoms with E-state index in [4.69, 9.17) is 0 Å². The van der Waals surface area contributed by atoms with Crippen molar-refractivity contribution in [3.05, 3.63) is 0 Å². The lowest BCUT2D eigenvalue weighted by atomic mass is 9.81. The van der Waals surface area contributed by atoms with Gasteiger partial charge < -0.3 is 9.80 Å². The molecule has 3 unspecified atom stereocenters. The molecule has 2 aliphatic rings. The van der Waals surface area contributed by atoms with Crippen LogP contribution in [-0.4, -0.2) is 46.8 Å². The minimum Gasteiger partial charge on any atom is -0.336 e. The van der Waals surface area contributed by atoms with Gasteiger partial charge in [0, 0.05) is 37.0 Å². The van der Waals surface area contributed by atoms with Crippen LogP contribution in [0.1, 0.15) is 47.5 Å². The first-order valence-corrected chi connectivity index (χ1v) is 7.33. The van der Waals surface area contributed by atoms with Gasteiger partial charge in [-0.15, -0.1) is 0 Å². The minimum absolute atomic E-state index is 0.236. The summed E-state index contributed by atoms with van der Waals surface area (Å²) in [5.41, 5.74) is -0.352. The highest BCUT2D eigenvalue weighted by Gasteiger charge is 2.43. The van der Waals surface area contributed by atoms with Crippen molar-refractivity contribution in [1.29, 1.82) is 0 Å². The van der Waals surface area contributed by atoms with Gasteiger partial charge in [-0.3, -0.25) is 9.59 Å². The van der Waals surface area contributed by atoms with Gasteiger partial charge in [-0.1, -0.05) is 20.8 Å². The Balaban J connectivity index is 1.81. The molecule has 0 aromatic rings. The van der Waals surface area contributed by atoms with Crippen LogP contribution < -0.4 is 0 Å². The van der Waals surface area contributed by atoms with Crippen molar-refractivity contribution in [1.82, 2.24) is 9.80 Å².